The van der Waals surface area contributed by atoms with E-state index >= 15 is 0 Å². The van der Waals surface area contributed by atoms with Crippen LogP contribution >= 0.6 is 0 Å². The minimum Gasteiger partial charge on any atom is -0.376 e. The van der Waals surface area contributed by atoms with E-state index < -0.39 is 0 Å². The molecule has 2 aliphatic heterocycles. The van der Waals surface area contributed by atoms with Gasteiger partial charge in [0.25, 0.3) is 0 Å². The van der Waals surface area contributed by atoms with Crippen molar-refractivity contribution >= 4 is 0 Å². The highest BCUT2D eigenvalue weighted by atomic mass is 16.5. The van der Waals surface area contributed by atoms with Crippen molar-refractivity contribution < 1.29 is 4.74 Å². The summed E-state index contributed by atoms with van der Waals surface area (Å²) < 4.78 is 6.06. The molecule has 2 heterocycles. The molecular weight excluding hydrogens is 250 g/mol. The molecule has 2 fully saturated rings. The van der Waals surface area contributed by atoms with Crippen molar-refractivity contribution in [2.24, 2.45) is 5.92 Å². The fraction of sp³-hybridized carbons (Fsp3) is 1.00. The largest absolute Gasteiger partial charge is 0.376 e. The normalized spacial score (nSPS) is 28.4. The second-order valence-electron chi connectivity index (χ2n) is 6.28. The Morgan fingerprint density at radius 3 is 2.80 bits per heavy atom. The molecule has 0 saturated carbocycles. The van der Waals surface area contributed by atoms with Gasteiger partial charge < -0.3 is 19.9 Å². The summed E-state index contributed by atoms with van der Waals surface area (Å²) >= 11 is 0. The lowest BCUT2D eigenvalue weighted by molar-refractivity contribution is 0.0431. The molecule has 0 aliphatic carbocycles. The van der Waals surface area contributed by atoms with Gasteiger partial charge in [0.2, 0.25) is 0 Å². The Kier molecular flexibility index (Phi) is 7.28. The molecule has 1 N–H and O–H groups in total. The van der Waals surface area contributed by atoms with E-state index in [0.717, 1.165) is 38.7 Å². The van der Waals surface area contributed by atoms with Crippen LogP contribution in [0.15, 0.2) is 0 Å². The molecule has 118 valence electrons. The Morgan fingerprint density at radius 2 is 2.10 bits per heavy atom. The molecule has 0 aromatic rings. The van der Waals surface area contributed by atoms with E-state index in [2.05, 4.69) is 29.0 Å². The van der Waals surface area contributed by atoms with Crippen LogP contribution in [-0.4, -0.2) is 74.9 Å². The Bertz CT molecular complexity index is 252. The molecule has 2 unspecified atom stereocenters. The molecule has 0 spiro atoms. The van der Waals surface area contributed by atoms with Gasteiger partial charge >= 0.3 is 0 Å². The summed E-state index contributed by atoms with van der Waals surface area (Å²) in [5.74, 6) is 0.859. The molecule has 0 aromatic heterocycles. The van der Waals surface area contributed by atoms with Crippen molar-refractivity contribution in [2.45, 2.75) is 39.2 Å². The van der Waals surface area contributed by atoms with Gasteiger partial charge in [-0.05, 0) is 51.4 Å². The summed E-state index contributed by atoms with van der Waals surface area (Å²) in [7, 11) is 0. The molecule has 2 rings (SSSR count). The van der Waals surface area contributed by atoms with Crippen molar-refractivity contribution in [1.29, 1.82) is 0 Å². The molecule has 2 aliphatic rings. The Hall–Kier alpha value is -0.160. The predicted molar refractivity (Wildman–Crippen MR) is 84.2 cm³/mol. The number of likely N-dealkylation sites (N-methyl/N-ethyl adjacent to an activating group) is 1. The van der Waals surface area contributed by atoms with Gasteiger partial charge in [0.05, 0.1) is 12.7 Å². The van der Waals surface area contributed by atoms with Crippen LogP contribution < -0.4 is 5.32 Å². The lowest BCUT2D eigenvalue weighted by Crippen LogP contribution is -2.38. The summed E-state index contributed by atoms with van der Waals surface area (Å²) in [5.41, 5.74) is 0. The summed E-state index contributed by atoms with van der Waals surface area (Å²) in [6.07, 6.45) is 4.44. The zero-order chi connectivity index (χ0) is 14.2. The van der Waals surface area contributed by atoms with Gasteiger partial charge in [-0.2, -0.15) is 0 Å². The summed E-state index contributed by atoms with van der Waals surface area (Å²) in [6, 6.07) is 0. The van der Waals surface area contributed by atoms with E-state index in [9.17, 15) is 0 Å². The average molecular weight is 283 g/mol. The number of nitrogens with one attached hydrogen (secondary N) is 1. The third-order valence-corrected chi connectivity index (χ3v) is 4.80. The molecule has 0 bridgehead atoms. The van der Waals surface area contributed by atoms with E-state index in [1.165, 1.54) is 45.4 Å². The fourth-order valence-corrected chi connectivity index (χ4v) is 3.43. The number of likely N-dealkylation sites (tertiary alicyclic amines) is 1. The van der Waals surface area contributed by atoms with Crippen LogP contribution in [0.5, 0.6) is 0 Å². The maximum atomic E-state index is 6.06. The Labute approximate surface area is 124 Å². The lowest BCUT2D eigenvalue weighted by atomic mass is 9.99. The van der Waals surface area contributed by atoms with Crippen molar-refractivity contribution in [1.82, 2.24) is 15.1 Å². The van der Waals surface area contributed by atoms with Gasteiger partial charge in [-0.1, -0.05) is 13.8 Å². The number of piperidine rings is 1. The highest BCUT2D eigenvalue weighted by Gasteiger charge is 2.25. The number of ether oxygens (including phenoxy) is 1. The van der Waals surface area contributed by atoms with Gasteiger partial charge in [-0.3, -0.25) is 0 Å². The van der Waals surface area contributed by atoms with E-state index in [4.69, 9.17) is 4.74 Å². The Balaban J connectivity index is 1.57. The van der Waals surface area contributed by atoms with Gasteiger partial charge in [0.15, 0.2) is 0 Å². The maximum Gasteiger partial charge on any atom is 0.0714 e. The molecule has 4 nitrogen and oxygen atoms in total. The van der Waals surface area contributed by atoms with Gasteiger partial charge in [0.1, 0.15) is 0 Å². The molecule has 0 radical (unpaired) electrons. The van der Waals surface area contributed by atoms with Crippen LogP contribution in [0, 0.1) is 5.92 Å². The first-order valence-electron chi connectivity index (χ1n) is 8.58. The first-order valence-corrected chi connectivity index (χ1v) is 8.58. The van der Waals surface area contributed by atoms with Crippen LogP contribution in [0.2, 0.25) is 0 Å². The maximum absolute atomic E-state index is 6.06. The smallest absolute Gasteiger partial charge is 0.0714 e. The van der Waals surface area contributed by atoms with E-state index in [1.54, 1.807) is 0 Å². The monoisotopic (exact) mass is 283 g/mol. The summed E-state index contributed by atoms with van der Waals surface area (Å²) in [6.45, 7) is 14.7. The second kappa shape index (κ2) is 8.98. The minimum atomic E-state index is 0.474. The summed E-state index contributed by atoms with van der Waals surface area (Å²) in [5, 5.41) is 3.52. The zero-order valence-corrected chi connectivity index (χ0v) is 13.4. The van der Waals surface area contributed by atoms with Crippen molar-refractivity contribution in [3.8, 4) is 0 Å². The first kappa shape index (κ1) is 16.2. The first-order chi connectivity index (χ1) is 9.81. The molecule has 2 saturated heterocycles. The predicted octanol–water partition coefficient (Wildman–Crippen LogP) is 1.42. The molecule has 2 atom stereocenters. The fourth-order valence-electron chi connectivity index (χ4n) is 3.43. The number of rotatable bonds is 8. The van der Waals surface area contributed by atoms with Crippen molar-refractivity contribution in [3.05, 3.63) is 0 Å². The van der Waals surface area contributed by atoms with E-state index in [0.29, 0.717) is 6.10 Å². The number of hydrogen-bond acceptors (Lipinski definition) is 4. The SMILES string of the molecule is CCN(CC)CCOC1CCN(CC2CCCNC2)C1. The van der Waals surface area contributed by atoms with Crippen LogP contribution in [0.25, 0.3) is 0 Å². The zero-order valence-electron chi connectivity index (χ0n) is 13.4. The second-order valence-corrected chi connectivity index (χ2v) is 6.28. The van der Waals surface area contributed by atoms with E-state index in [1.807, 2.05) is 0 Å². The Morgan fingerprint density at radius 1 is 1.25 bits per heavy atom. The summed E-state index contributed by atoms with van der Waals surface area (Å²) in [4.78, 5) is 5.04. The quantitative estimate of drug-likeness (QED) is 0.729. The third kappa shape index (κ3) is 5.32. The van der Waals surface area contributed by atoms with Crippen molar-refractivity contribution in [2.75, 3.05) is 59.0 Å². The average Bonchev–Trinajstić information content (AvgIpc) is 2.92. The minimum absolute atomic E-state index is 0.474. The van der Waals surface area contributed by atoms with Crippen LogP contribution in [0.4, 0.5) is 0 Å². The molecule has 4 heteroatoms. The highest BCUT2D eigenvalue weighted by Crippen LogP contribution is 2.17. The van der Waals surface area contributed by atoms with Gasteiger partial charge in [0, 0.05) is 26.2 Å². The highest BCUT2D eigenvalue weighted by molar-refractivity contribution is 4.80. The van der Waals surface area contributed by atoms with Gasteiger partial charge in [-0.25, -0.2) is 0 Å². The topological polar surface area (TPSA) is 27.7 Å². The van der Waals surface area contributed by atoms with Crippen LogP contribution in [-0.2, 0) is 4.74 Å². The molecule has 0 amide bonds. The standard InChI is InChI=1S/C16H33N3O/c1-3-18(4-2)10-11-20-16-7-9-19(14-16)13-15-6-5-8-17-12-15/h15-17H,3-14H2,1-2H3. The van der Waals surface area contributed by atoms with Crippen LogP contribution in [0.1, 0.15) is 33.1 Å². The van der Waals surface area contributed by atoms with Crippen molar-refractivity contribution in [3.63, 3.8) is 0 Å². The molecule has 20 heavy (non-hydrogen) atoms. The molecular formula is C16H33N3O. The van der Waals surface area contributed by atoms with E-state index in [-0.39, 0.29) is 0 Å². The molecule has 0 aromatic carbocycles. The van der Waals surface area contributed by atoms with Gasteiger partial charge in [-0.15, -0.1) is 0 Å². The number of nitrogens with zero attached hydrogens (tertiary/aromatic N) is 2. The van der Waals surface area contributed by atoms with Crippen LogP contribution in [0.3, 0.4) is 0 Å². The third-order valence-electron chi connectivity index (χ3n) is 4.80. The lowest BCUT2D eigenvalue weighted by Gasteiger charge is -2.27. The number of hydrogen-bond donors (Lipinski definition) is 1.